The van der Waals surface area contributed by atoms with Crippen LogP contribution in [0.4, 0.5) is 0 Å². The number of thiazole rings is 1. The zero-order chi connectivity index (χ0) is 11.8. The summed E-state index contributed by atoms with van der Waals surface area (Å²) >= 11 is 1.83. The molecule has 17 heavy (non-hydrogen) atoms. The lowest BCUT2D eigenvalue weighted by atomic mass is 9.95. The summed E-state index contributed by atoms with van der Waals surface area (Å²) in [7, 11) is 0. The first-order valence-electron chi connectivity index (χ1n) is 6.64. The Morgan fingerprint density at radius 1 is 1.47 bits per heavy atom. The van der Waals surface area contributed by atoms with E-state index in [1.807, 2.05) is 16.8 Å². The van der Waals surface area contributed by atoms with Gasteiger partial charge in [0, 0.05) is 36.5 Å². The van der Waals surface area contributed by atoms with Crippen molar-refractivity contribution in [3.63, 3.8) is 0 Å². The SMILES string of the molecule is CC1CN(Cc2scnc2C2CC2)CCC1N. The lowest BCUT2D eigenvalue weighted by molar-refractivity contribution is 0.158. The lowest BCUT2D eigenvalue weighted by Gasteiger charge is -2.34. The lowest BCUT2D eigenvalue weighted by Crippen LogP contribution is -2.45. The molecule has 0 bridgehead atoms. The number of likely N-dealkylation sites (tertiary alicyclic amines) is 1. The average Bonchev–Trinajstić information content (AvgIpc) is 3.05. The number of nitrogens with two attached hydrogens (primary N) is 1. The minimum atomic E-state index is 0.399. The summed E-state index contributed by atoms with van der Waals surface area (Å²) in [5.41, 5.74) is 9.47. The predicted molar refractivity (Wildman–Crippen MR) is 71.1 cm³/mol. The van der Waals surface area contributed by atoms with Gasteiger partial charge in [-0.3, -0.25) is 4.90 Å². The maximum absolute atomic E-state index is 6.07. The molecule has 0 aromatic carbocycles. The van der Waals surface area contributed by atoms with E-state index in [4.69, 9.17) is 5.73 Å². The van der Waals surface area contributed by atoms with Gasteiger partial charge in [0.25, 0.3) is 0 Å². The highest BCUT2D eigenvalue weighted by Gasteiger charge is 2.30. The van der Waals surface area contributed by atoms with Crippen LogP contribution in [-0.4, -0.2) is 29.0 Å². The highest BCUT2D eigenvalue weighted by molar-refractivity contribution is 7.09. The van der Waals surface area contributed by atoms with E-state index in [1.165, 1.54) is 23.4 Å². The van der Waals surface area contributed by atoms with Crippen LogP contribution in [0.2, 0.25) is 0 Å². The Kier molecular flexibility index (Phi) is 3.19. The van der Waals surface area contributed by atoms with Crippen molar-refractivity contribution < 1.29 is 0 Å². The molecule has 2 fully saturated rings. The van der Waals surface area contributed by atoms with Gasteiger partial charge in [-0.05, 0) is 25.2 Å². The Labute approximate surface area is 107 Å². The fourth-order valence-corrected chi connectivity index (χ4v) is 3.57. The molecule has 94 valence electrons. The molecule has 2 unspecified atom stereocenters. The van der Waals surface area contributed by atoms with Gasteiger partial charge in [0.1, 0.15) is 0 Å². The number of rotatable bonds is 3. The molecule has 1 aromatic heterocycles. The van der Waals surface area contributed by atoms with Crippen LogP contribution in [0.15, 0.2) is 5.51 Å². The Bertz CT molecular complexity index is 386. The molecule has 1 aliphatic heterocycles. The summed E-state index contributed by atoms with van der Waals surface area (Å²) in [6.07, 6.45) is 3.83. The van der Waals surface area contributed by atoms with Crippen molar-refractivity contribution in [3.05, 3.63) is 16.1 Å². The van der Waals surface area contributed by atoms with Crippen LogP contribution in [0.25, 0.3) is 0 Å². The van der Waals surface area contributed by atoms with Gasteiger partial charge in [-0.25, -0.2) is 4.98 Å². The van der Waals surface area contributed by atoms with Crippen LogP contribution < -0.4 is 5.73 Å². The third-order valence-electron chi connectivity index (χ3n) is 4.06. The maximum atomic E-state index is 6.07. The fourth-order valence-electron chi connectivity index (χ4n) is 2.68. The molecule has 0 spiro atoms. The second-order valence-corrected chi connectivity index (χ2v) is 6.54. The molecule has 3 nitrogen and oxygen atoms in total. The minimum absolute atomic E-state index is 0.399. The van der Waals surface area contributed by atoms with E-state index >= 15 is 0 Å². The predicted octanol–water partition coefficient (Wildman–Crippen LogP) is 2.19. The van der Waals surface area contributed by atoms with Crippen LogP contribution in [-0.2, 0) is 6.54 Å². The van der Waals surface area contributed by atoms with Crippen molar-refractivity contribution in [2.75, 3.05) is 13.1 Å². The van der Waals surface area contributed by atoms with Gasteiger partial charge in [0.05, 0.1) is 11.2 Å². The standard InChI is InChI=1S/C13H21N3S/c1-9-6-16(5-4-11(9)14)7-12-13(10-2-3-10)15-8-17-12/h8-11H,2-7,14H2,1H3. The first kappa shape index (κ1) is 11.6. The fraction of sp³-hybridized carbons (Fsp3) is 0.769. The second-order valence-electron chi connectivity index (χ2n) is 5.60. The van der Waals surface area contributed by atoms with Crippen molar-refractivity contribution in [2.45, 2.75) is 44.7 Å². The van der Waals surface area contributed by atoms with Crippen molar-refractivity contribution in [1.29, 1.82) is 0 Å². The molecule has 4 heteroatoms. The molecule has 2 N–H and O–H groups in total. The summed E-state index contributed by atoms with van der Waals surface area (Å²) in [6, 6.07) is 0.399. The van der Waals surface area contributed by atoms with Crippen LogP contribution in [0.1, 0.15) is 42.7 Å². The summed E-state index contributed by atoms with van der Waals surface area (Å²) < 4.78 is 0. The van der Waals surface area contributed by atoms with Gasteiger partial charge >= 0.3 is 0 Å². The number of hydrogen-bond acceptors (Lipinski definition) is 4. The van der Waals surface area contributed by atoms with Gasteiger partial charge in [-0.15, -0.1) is 11.3 Å². The number of nitrogens with zero attached hydrogens (tertiary/aromatic N) is 2. The zero-order valence-corrected chi connectivity index (χ0v) is 11.2. The molecule has 2 aliphatic rings. The Hall–Kier alpha value is -0.450. The van der Waals surface area contributed by atoms with Gasteiger partial charge in [0.15, 0.2) is 0 Å². The summed E-state index contributed by atoms with van der Waals surface area (Å²) in [5, 5.41) is 0. The highest BCUT2D eigenvalue weighted by atomic mass is 32.1. The molecule has 1 aliphatic carbocycles. The second kappa shape index (κ2) is 4.67. The quantitative estimate of drug-likeness (QED) is 0.895. The molecule has 0 amide bonds. The summed E-state index contributed by atoms with van der Waals surface area (Å²) in [6.45, 7) is 5.65. The van der Waals surface area contributed by atoms with E-state index in [2.05, 4.69) is 16.8 Å². The number of piperidine rings is 1. The Morgan fingerprint density at radius 2 is 2.29 bits per heavy atom. The minimum Gasteiger partial charge on any atom is -0.327 e. The first-order chi connectivity index (χ1) is 8.24. The van der Waals surface area contributed by atoms with Gasteiger partial charge in [0.2, 0.25) is 0 Å². The van der Waals surface area contributed by atoms with E-state index in [9.17, 15) is 0 Å². The van der Waals surface area contributed by atoms with Crippen LogP contribution >= 0.6 is 11.3 Å². The molecular weight excluding hydrogens is 230 g/mol. The van der Waals surface area contributed by atoms with Gasteiger partial charge < -0.3 is 5.73 Å². The molecule has 2 atom stereocenters. The van der Waals surface area contributed by atoms with Gasteiger partial charge in [-0.1, -0.05) is 6.92 Å². The van der Waals surface area contributed by atoms with E-state index in [1.54, 1.807) is 0 Å². The smallest absolute Gasteiger partial charge is 0.0798 e. The number of aromatic nitrogens is 1. The molecule has 3 rings (SSSR count). The largest absolute Gasteiger partial charge is 0.327 e. The zero-order valence-electron chi connectivity index (χ0n) is 10.4. The Morgan fingerprint density at radius 3 is 3.00 bits per heavy atom. The van der Waals surface area contributed by atoms with Crippen LogP contribution in [0, 0.1) is 5.92 Å². The summed E-state index contributed by atoms with van der Waals surface area (Å²) in [5.74, 6) is 1.40. The third kappa shape index (κ3) is 2.54. The summed E-state index contributed by atoms with van der Waals surface area (Å²) in [4.78, 5) is 8.59. The van der Waals surface area contributed by atoms with E-state index in [0.717, 1.165) is 32.0 Å². The average molecular weight is 251 g/mol. The van der Waals surface area contributed by atoms with Crippen LogP contribution in [0.3, 0.4) is 0 Å². The first-order valence-corrected chi connectivity index (χ1v) is 7.52. The van der Waals surface area contributed by atoms with Crippen molar-refractivity contribution in [1.82, 2.24) is 9.88 Å². The van der Waals surface area contributed by atoms with E-state index in [-0.39, 0.29) is 0 Å². The molecule has 2 heterocycles. The van der Waals surface area contributed by atoms with E-state index in [0.29, 0.717) is 12.0 Å². The monoisotopic (exact) mass is 251 g/mol. The molecular formula is C13H21N3S. The van der Waals surface area contributed by atoms with Crippen molar-refractivity contribution in [3.8, 4) is 0 Å². The molecule has 1 aromatic rings. The molecule has 1 saturated carbocycles. The normalized spacial score (nSPS) is 30.7. The van der Waals surface area contributed by atoms with Crippen molar-refractivity contribution in [2.24, 2.45) is 11.7 Å². The van der Waals surface area contributed by atoms with E-state index < -0.39 is 0 Å². The topological polar surface area (TPSA) is 42.2 Å². The molecule has 0 radical (unpaired) electrons. The maximum Gasteiger partial charge on any atom is 0.0798 e. The highest BCUT2D eigenvalue weighted by Crippen LogP contribution is 2.42. The van der Waals surface area contributed by atoms with Crippen LogP contribution in [0.5, 0.6) is 0 Å². The van der Waals surface area contributed by atoms with Gasteiger partial charge in [-0.2, -0.15) is 0 Å². The molecule has 1 saturated heterocycles. The number of hydrogen-bond donors (Lipinski definition) is 1. The third-order valence-corrected chi connectivity index (χ3v) is 4.89. The van der Waals surface area contributed by atoms with Crippen molar-refractivity contribution >= 4 is 11.3 Å². The Balaban J connectivity index is 1.64.